The average molecular weight is 373 g/mol. The van der Waals surface area contributed by atoms with Crippen molar-refractivity contribution in [1.29, 1.82) is 0 Å². The van der Waals surface area contributed by atoms with Crippen molar-refractivity contribution in [2.75, 3.05) is 5.32 Å². The molecule has 0 fully saturated rings. The predicted molar refractivity (Wildman–Crippen MR) is 112 cm³/mol. The highest BCUT2D eigenvalue weighted by Crippen LogP contribution is 2.28. The first-order valence-electron chi connectivity index (χ1n) is 9.43. The highest BCUT2D eigenvalue weighted by molar-refractivity contribution is 5.82. The summed E-state index contributed by atoms with van der Waals surface area (Å²) in [6.45, 7) is 6.91. The van der Waals surface area contributed by atoms with E-state index in [2.05, 4.69) is 37.3 Å². The van der Waals surface area contributed by atoms with E-state index >= 15 is 0 Å². The van der Waals surface area contributed by atoms with Gasteiger partial charge in [0.05, 0.1) is 11.4 Å². The van der Waals surface area contributed by atoms with Crippen molar-refractivity contribution in [2.45, 2.75) is 33.2 Å². The third-order valence-electron chi connectivity index (χ3n) is 4.96. The molecule has 0 bridgehead atoms. The molecular formula is C23H23N3O2. The summed E-state index contributed by atoms with van der Waals surface area (Å²) in [5.74, 6) is 0.401. The number of fused-ring (bicyclic) bond motifs is 1. The van der Waals surface area contributed by atoms with E-state index in [0.717, 1.165) is 27.9 Å². The summed E-state index contributed by atoms with van der Waals surface area (Å²) in [4.78, 5) is 12.1. The second kappa shape index (κ2) is 7.35. The fraction of sp³-hybridized carbons (Fsp3) is 0.217. The van der Waals surface area contributed by atoms with Gasteiger partial charge in [0.15, 0.2) is 0 Å². The van der Waals surface area contributed by atoms with E-state index in [1.807, 2.05) is 47.3 Å². The Kier molecular flexibility index (Phi) is 4.74. The summed E-state index contributed by atoms with van der Waals surface area (Å²) >= 11 is 0. The van der Waals surface area contributed by atoms with Gasteiger partial charge in [-0.3, -0.25) is 0 Å². The van der Waals surface area contributed by atoms with Gasteiger partial charge in [-0.25, -0.2) is 9.48 Å². The molecule has 0 unspecified atom stereocenters. The molecule has 0 aliphatic rings. The zero-order valence-corrected chi connectivity index (χ0v) is 16.3. The smallest absolute Gasteiger partial charge is 0.336 e. The Labute approximate surface area is 163 Å². The molecule has 4 aromatic rings. The maximum Gasteiger partial charge on any atom is 0.336 e. The van der Waals surface area contributed by atoms with Gasteiger partial charge in [0.25, 0.3) is 0 Å². The second-order valence-corrected chi connectivity index (χ2v) is 7.27. The van der Waals surface area contributed by atoms with E-state index in [1.165, 1.54) is 5.56 Å². The molecule has 142 valence electrons. The van der Waals surface area contributed by atoms with Crippen molar-refractivity contribution in [3.63, 3.8) is 0 Å². The van der Waals surface area contributed by atoms with Gasteiger partial charge < -0.3 is 9.73 Å². The molecule has 0 aliphatic heterocycles. The Morgan fingerprint density at radius 1 is 1.14 bits per heavy atom. The highest BCUT2D eigenvalue weighted by Gasteiger charge is 2.12. The van der Waals surface area contributed by atoms with E-state index < -0.39 is 0 Å². The van der Waals surface area contributed by atoms with Gasteiger partial charge in [-0.05, 0) is 59.9 Å². The molecular weight excluding hydrogens is 350 g/mol. The van der Waals surface area contributed by atoms with Crippen LogP contribution in [-0.4, -0.2) is 9.78 Å². The number of aryl methyl sites for hydroxylation is 1. The van der Waals surface area contributed by atoms with Gasteiger partial charge in [0.1, 0.15) is 5.58 Å². The van der Waals surface area contributed by atoms with Crippen molar-refractivity contribution in [3.8, 4) is 5.69 Å². The lowest BCUT2D eigenvalue weighted by molar-refractivity contribution is 0.558. The van der Waals surface area contributed by atoms with Crippen LogP contribution in [0.2, 0.25) is 0 Å². The molecule has 0 radical (unpaired) electrons. The van der Waals surface area contributed by atoms with Gasteiger partial charge in [0.2, 0.25) is 0 Å². The first-order chi connectivity index (χ1) is 13.5. The van der Waals surface area contributed by atoms with E-state index in [9.17, 15) is 4.79 Å². The Morgan fingerprint density at radius 3 is 2.71 bits per heavy atom. The molecule has 0 saturated carbocycles. The van der Waals surface area contributed by atoms with Crippen molar-refractivity contribution in [2.24, 2.45) is 0 Å². The van der Waals surface area contributed by atoms with Gasteiger partial charge in [0, 0.05) is 30.4 Å². The number of aromatic nitrogens is 2. The molecule has 0 amide bonds. The fourth-order valence-corrected chi connectivity index (χ4v) is 3.58. The molecule has 0 spiro atoms. The minimum Gasteiger partial charge on any atom is -0.423 e. The molecule has 5 nitrogen and oxygen atoms in total. The quantitative estimate of drug-likeness (QED) is 0.499. The second-order valence-electron chi connectivity index (χ2n) is 7.27. The van der Waals surface area contributed by atoms with Gasteiger partial charge in [-0.15, -0.1) is 0 Å². The van der Waals surface area contributed by atoms with Crippen LogP contribution in [0.25, 0.3) is 16.7 Å². The molecule has 0 atom stereocenters. The fourth-order valence-electron chi connectivity index (χ4n) is 3.58. The maximum absolute atomic E-state index is 12.1. The minimum absolute atomic E-state index is 0.332. The molecule has 2 aromatic carbocycles. The number of nitrogens with zero attached hydrogens (tertiary/aromatic N) is 2. The van der Waals surface area contributed by atoms with Crippen LogP contribution < -0.4 is 10.9 Å². The first-order valence-corrected chi connectivity index (χ1v) is 9.43. The topological polar surface area (TPSA) is 60.1 Å². The number of nitrogens with one attached hydrogen (secondary N) is 1. The molecule has 0 saturated heterocycles. The first kappa shape index (κ1) is 18.0. The zero-order chi connectivity index (χ0) is 19.7. The predicted octanol–water partition coefficient (Wildman–Crippen LogP) is 5.02. The number of hydrogen-bond donors (Lipinski definition) is 1. The average Bonchev–Trinajstić information content (AvgIpc) is 3.20. The third-order valence-corrected chi connectivity index (χ3v) is 4.96. The molecule has 4 rings (SSSR count). The van der Waals surface area contributed by atoms with Crippen LogP contribution >= 0.6 is 0 Å². The summed E-state index contributed by atoms with van der Waals surface area (Å²) in [5, 5.41) is 8.75. The Balaban J connectivity index is 1.73. The van der Waals surface area contributed by atoms with E-state index in [1.54, 1.807) is 12.3 Å². The largest absolute Gasteiger partial charge is 0.423 e. The Hall–Kier alpha value is -3.34. The standard InChI is InChI=1S/C23H23N3O2/c1-15(2)18-13-19-17(12-23(27)28-22(19)11-16(18)3)14-24-20-7-4-5-8-21(20)26-10-6-9-25-26/h4-13,15,24H,14H2,1-3H3. The molecule has 0 aliphatic carbocycles. The van der Waals surface area contributed by atoms with Crippen molar-refractivity contribution in [1.82, 2.24) is 9.78 Å². The van der Waals surface area contributed by atoms with E-state index in [0.29, 0.717) is 18.0 Å². The van der Waals surface area contributed by atoms with Crippen molar-refractivity contribution >= 4 is 16.7 Å². The summed E-state index contributed by atoms with van der Waals surface area (Å²) in [5.41, 5.74) is 5.53. The normalized spacial score (nSPS) is 11.3. The number of anilines is 1. The Morgan fingerprint density at radius 2 is 1.96 bits per heavy atom. The monoisotopic (exact) mass is 373 g/mol. The van der Waals surface area contributed by atoms with Crippen LogP contribution in [0.3, 0.4) is 0 Å². The molecule has 5 heteroatoms. The lowest BCUT2D eigenvalue weighted by Crippen LogP contribution is -2.08. The van der Waals surface area contributed by atoms with Crippen molar-refractivity contribution < 1.29 is 4.42 Å². The highest BCUT2D eigenvalue weighted by atomic mass is 16.4. The lowest BCUT2D eigenvalue weighted by atomic mass is 9.95. The van der Waals surface area contributed by atoms with Crippen LogP contribution in [0, 0.1) is 6.92 Å². The summed E-state index contributed by atoms with van der Waals surface area (Å²) in [7, 11) is 0. The molecule has 2 heterocycles. The van der Waals surface area contributed by atoms with Gasteiger partial charge in [-0.2, -0.15) is 5.10 Å². The van der Waals surface area contributed by atoms with Crippen molar-refractivity contribution in [3.05, 3.63) is 88.0 Å². The van der Waals surface area contributed by atoms with E-state index in [4.69, 9.17) is 4.42 Å². The van der Waals surface area contributed by atoms with Crippen LogP contribution in [0.15, 0.2) is 70.1 Å². The summed E-state index contributed by atoms with van der Waals surface area (Å²) < 4.78 is 7.27. The number of rotatable bonds is 5. The van der Waals surface area contributed by atoms with Crippen LogP contribution in [0.5, 0.6) is 0 Å². The van der Waals surface area contributed by atoms with E-state index in [-0.39, 0.29) is 5.63 Å². The van der Waals surface area contributed by atoms with Gasteiger partial charge >= 0.3 is 5.63 Å². The third kappa shape index (κ3) is 3.43. The maximum atomic E-state index is 12.1. The molecule has 28 heavy (non-hydrogen) atoms. The zero-order valence-electron chi connectivity index (χ0n) is 16.3. The van der Waals surface area contributed by atoms with Gasteiger partial charge in [-0.1, -0.05) is 26.0 Å². The SMILES string of the molecule is Cc1cc2oc(=O)cc(CNc3ccccc3-n3cccn3)c2cc1C(C)C. The van der Waals surface area contributed by atoms with Crippen LogP contribution in [-0.2, 0) is 6.54 Å². The number of hydrogen-bond acceptors (Lipinski definition) is 4. The molecule has 1 N–H and O–H groups in total. The number of para-hydroxylation sites is 2. The van der Waals surface area contributed by atoms with Crippen LogP contribution in [0.4, 0.5) is 5.69 Å². The Bertz CT molecular complexity index is 1170. The minimum atomic E-state index is -0.332. The molecule has 2 aromatic heterocycles. The van der Waals surface area contributed by atoms with Crippen LogP contribution in [0.1, 0.15) is 36.5 Å². The summed E-state index contributed by atoms with van der Waals surface area (Å²) in [6.07, 6.45) is 3.66. The lowest BCUT2D eigenvalue weighted by Gasteiger charge is -2.15. The summed E-state index contributed by atoms with van der Waals surface area (Å²) in [6, 6.07) is 15.6. The number of benzene rings is 2.